The Morgan fingerprint density at radius 2 is 2.15 bits per heavy atom. The van der Waals surface area contributed by atoms with Crippen LogP contribution in [-0.4, -0.2) is 16.1 Å². The van der Waals surface area contributed by atoms with Gasteiger partial charge in [-0.3, -0.25) is 0 Å². The van der Waals surface area contributed by atoms with Gasteiger partial charge in [0.15, 0.2) is 0 Å². The summed E-state index contributed by atoms with van der Waals surface area (Å²) in [6, 6.07) is 0. The van der Waals surface area contributed by atoms with Gasteiger partial charge in [-0.15, -0.1) is 21.8 Å². The Balaban J connectivity index is 2.83. The molecule has 1 aromatic rings. The molecule has 0 saturated carbocycles. The normalized spacial score (nSPS) is 14.5. The van der Waals surface area contributed by atoms with Gasteiger partial charge in [0.05, 0.1) is 11.8 Å². The number of hydrogen-bond acceptors (Lipinski definition) is 3. The molecule has 1 unspecified atom stereocenters. The standard InChI is InChI=1S/C7H9ClF2N2S/c1-4(7(2,9)10)6-12-11-5(3-8)13-6/h4H,3H2,1-2H3. The van der Waals surface area contributed by atoms with Crippen LogP contribution in [-0.2, 0) is 5.88 Å². The largest absolute Gasteiger partial charge is 0.254 e. The van der Waals surface area contributed by atoms with Crippen molar-refractivity contribution in [1.29, 1.82) is 0 Å². The third kappa shape index (κ3) is 2.57. The van der Waals surface area contributed by atoms with E-state index in [1.165, 1.54) is 6.92 Å². The predicted octanol–water partition coefficient (Wildman–Crippen LogP) is 3.04. The van der Waals surface area contributed by atoms with E-state index in [0.29, 0.717) is 10.0 Å². The molecule has 74 valence electrons. The number of alkyl halides is 3. The van der Waals surface area contributed by atoms with Gasteiger partial charge < -0.3 is 0 Å². The van der Waals surface area contributed by atoms with Crippen LogP contribution in [0, 0.1) is 0 Å². The van der Waals surface area contributed by atoms with Gasteiger partial charge in [-0.1, -0.05) is 18.3 Å². The van der Waals surface area contributed by atoms with Crippen LogP contribution in [0.1, 0.15) is 29.8 Å². The number of rotatable bonds is 3. The second kappa shape index (κ2) is 3.84. The summed E-state index contributed by atoms with van der Waals surface area (Å²) in [5.41, 5.74) is 0. The van der Waals surface area contributed by atoms with Crippen LogP contribution in [0.3, 0.4) is 0 Å². The third-order valence-corrected chi connectivity index (χ3v) is 3.25. The van der Waals surface area contributed by atoms with Gasteiger partial charge >= 0.3 is 0 Å². The smallest absolute Gasteiger partial charge is 0.206 e. The first-order chi connectivity index (χ1) is 5.95. The molecular formula is C7H9ClF2N2S. The number of hydrogen-bond donors (Lipinski definition) is 0. The van der Waals surface area contributed by atoms with Crippen LogP contribution in [0.4, 0.5) is 8.78 Å². The van der Waals surface area contributed by atoms with Gasteiger partial charge in [-0.05, 0) is 0 Å². The van der Waals surface area contributed by atoms with E-state index < -0.39 is 11.8 Å². The maximum atomic E-state index is 12.8. The minimum absolute atomic E-state index is 0.222. The topological polar surface area (TPSA) is 25.8 Å². The molecule has 0 amide bonds. The molecular weight excluding hydrogens is 218 g/mol. The molecule has 0 bridgehead atoms. The third-order valence-electron chi connectivity index (χ3n) is 1.73. The van der Waals surface area contributed by atoms with Crippen molar-refractivity contribution in [2.45, 2.75) is 31.6 Å². The summed E-state index contributed by atoms with van der Waals surface area (Å²) in [6.07, 6.45) is 0. The van der Waals surface area contributed by atoms with Crippen LogP contribution in [0.25, 0.3) is 0 Å². The van der Waals surface area contributed by atoms with Crippen LogP contribution in [0.2, 0.25) is 0 Å². The van der Waals surface area contributed by atoms with Gasteiger partial charge in [0.25, 0.3) is 5.92 Å². The fourth-order valence-corrected chi connectivity index (χ4v) is 1.77. The molecule has 13 heavy (non-hydrogen) atoms. The molecule has 1 heterocycles. The molecule has 1 atom stereocenters. The monoisotopic (exact) mass is 226 g/mol. The fourth-order valence-electron chi connectivity index (χ4n) is 0.712. The average molecular weight is 227 g/mol. The molecule has 0 N–H and O–H groups in total. The molecule has 0 aliphatic carbocycles. The molecule has 0 spiro atoms. The first-order valence-corrected chi connectivity index (χ1v) is 5.06. The molecule has 0 radical (unpaired) electrons. The molecule has 0 aliphatic heterocycles. The molecule has 1 aromatic heterocycles. The van der Waals surface area contributed by atoms with Crippen LogP contribution in [0.15, 0.2) is 0 Å². The molecule has 0 aromatic carbocycles. The van der Waals surface area contributed by atoms with Crippen molar-refractivity contribution in [3.05, 3.63) is 10.0 Å². The van der Waals surface area contributed by atoms with Gasteiger partial charge in [-0.2, -0.15) is 0 Å². The quantitative estimate of drug-likeness (QED) is 0.741. The summed E-state index contributed by atoms with van der Waals surface area (Å²) in [6.45, 7) is 2.30. The molecule has 1 rings (SSSR count). The first-order valence-electron chi connectivity index (χ1n) is 3.71. The summed E-state index contributed by atoms with van der Waals surface area (Å²) in [7, 11) is 0. The van der Waals surface area contributed by atoms with E-state index in [9.17, 15) is 8.78 Å². The minimum atomic E-state index is -2.76. The highest BCUT2D eigenvalue weighted by Crippen LogP contribution is 2.34. The minimum Gasteiger partial charge on any atom is -0.206 e. The van der Waals surface area contributed by atoms with Crippen molar-refractivity contribution < 1.29 is 8.78 Å². The molecule has 6 heteroatoms. The SMILES string of the molecule is CC(c1nnc(CCl)s1)C(C)(F)F. The second-order valence-electron chi connectivity index (χ2n) is 2.85. The van der Waals surface area contributed by atoms with Crippen molar-refractivity contribution in [3.63, 3.8) is 0 Å². The summed E-state index contributed by atoms with van der Waals surface area (Å²) in [4.78, 5) is 0. The Labute approximate surface area is 83.9 Å². The summed E-state index contributed by atoms with van der Waals surface area (Å²) < 4.78 is 25.6. The lowest BCUT2D eigenvalue weighted by Gasteiger charge is -2.15. The Hall–Kier alpha value is -0.290. The average Bonchev–Trinajstić information content (AvgIpc) is 2.48. The Morgan fingerprint density at radius 3 is 2.54 bits per heavy atom. The van der Waals surface area contributed by atoms with Crippen molar-refractivity contribution in [2.24, 2.45) is 0 Å². The Bertz CT molecular complexity index is 284. The van der Waals surface area contributed by atoms with Gasteiger partial charge in [0, 0.05) is 6.92 Å². The maximum Gasteiger partial charge on any atom is 0.254 e. The van der Waals surface area contributed by atoms with Crippen molar-refractivity contribution in [2.75, 3.05) is 0 Å². The van der Waals surface area contributed by atoms with Gasteiger partial charge in [-0.25, -0.2) is 8.78 Å². The second-order valence-corrected chi connectivity index (χ2v) is 4.21. The highest BCUT2D eigenvalue weighted by molar-refractivity contribution is 7.11. The Morgan fingerprint density at radius 1 is 1.54 bits per heavy atom. The first kappa shape index (κ1) is 10.8. The van der Waals surface area contributed by atoms with Crippen molar-refractivity contribution in [1.82, 2.24) is 10.2 Å². The van der Waals surface area contributed by atoms with E-state index in [-0.39, 0.29) is 5.88 Å². The predicted molar refractivity (Wildman–Crippen MR) is 48.5 cm³/mol. The van der Waals surface area contributed by atoms with E-state index >= 15 is 0 Å². The van der Waals surface area contributed by atoms with Crippen LogP contribution < -0.4 is 0 Å². The highest BCUT2D eigenvalue weighted by atomic mass is 35.5. The van der Waals surface area contributed by atoms with Crippen molar-refractivity contribution >= 4 is 22.9 Å². The number of nitrogens with zero attached hydrogens (tertiary/aromatic N) is 2. The van der Waals surface area contributed by atoms with E-state index in [1.54, 1.807) is 0 Å². The van der Waals surface area contributed by atoms with E-state index in [4.69, 9.17) is 11.6 Å². The van der Waals surface area contributed by atoms with E-state index in [2.05, 4.69) is 10.2 Å². The summed E-state index contributed by atoms with van der Waals surface area (Å²) in [5, 5.41) is 8.24. The van der Waals surface area contributed by atoms with Crippen LogP contribution >= 0.6 is 22.9 Å². The van der Waals surface area contributed by atoms with Crippen molar-refractivity contribution in [3.8, 4) is 0 Å². The molecule has 0 saturated heterocycles. The Kier molecular flexibility index (Phi) is 3.18. The lowest BCUT2D eigenvalue weighted by Crippen LogP contribution is -2.19. The maximum absolute atomic E-state index is 12.8. The summed E-state index contributed by atoms with van der Waals surface area (Å²) >= 11 is 6.61. The lowest BCUT2D eigenvalue weighted by molar-refractivity contribution is -0.00245. The zero-order chi connectivity index (χ0) is 10.1. The summed E-state index contributed by atoms with van der Waals surface area (Å²) in [5.74, 6) is -3.44. The fraction of sp³-hybridized carbons (Fsp3) is 0.714. The molecule has 0 aliphatic rings. The van der Waals surface area contributed by atoms with Crippen LogP contribution in [0.5, 0.6) is 0 Å². The number of aromatic nitrogens is 2. The lowest BCUT2D eigenvalue weighted by atomic mass is 10.1. The zero-order valence-electron chi connectivity index (χ0n) is 7.22. The van der Waals surface area contributed by atoms with E-state index in [0.717, 1.165) is 18.3 Å². The molecule has 0 fully saturated rings. The highest BCUT2D eigenvalue weighted by Gasteiger charge is 2.33. The van der Waals surface area contributed by atoms with Gasteiger partial charge in [0.1, 0.15) is 10.0 Å². The van der Waals surface area contributed by atoms with E-state index in [1.807, 2.05) is 0 Å². The molecule has 2 nitrogen and oxygen atoms in total. The number of halogens is 3. The zero-order valence-corrected chi connectivity index (χ0v) is 8.79. The van der Waals surface area contributed by atoms with Gasteiger partial charge in [0.2, 0.25) is 0 Å².